The van der Waals surface area contributed by atoms with Gasteiger partial charge in [-0.3, -0.25) is 0 Å². The molecule has 4 aromatic rings. The summed E-state index contributed by atoms with van der Waals surface area (Å²) in [7, 11) is 0. The highest BCUT2D eigenvalue weighted by Crippen LogP contribution is 2.38. The van der Waals surface area contributed by atoms with Crippen LogP contribution in [0.1, 0.15) is 55.4 Å². The molecule has 0 N–H and O–H groups in total. The topological polar surface area (TPSA) is 9.23 Å². The highest BCUT2D eigenvalue weighted by Gasteiger charge is 2.37. The first-order valence-electron chi connectivity index (χ1n) is 13.4. The van der Waals surface area contributed by atoms with Crippen LogP contribution in [-0.2, 0) is 12.6 Å². The maximum absolute atomic E-state index is 15.1. The number of benzene rings is 4. The van der Waals surface area contributed by atoms with Gasteiger partial charge in [-0.2, -0.15) is 13.2 Å². The maximum Gasteiger partial charge on any atom is 0.419 e. The lowest BCUT2D eigenvalue weighted by Gasteiger charge is -2.14. The minimum atomic E-state index is -4.88. The lowest BCUT2D eigenvalue weighted by molar-refractivity contribution is -0.140. The Morgan fingerprint density at radius 1 is 0.725 bits per heavy atom. The van der Waals surface area contributed by atoms with E-state index >= 15 is 4.39 Å². The average molecular weight is 551 g/mol. The molecular formula is C34H31F5O. The number of hydrogen-bond donors (Lipinski definition) is 0. The molecular weight excluding hydrogens is 519 g/mol. The first kappa shape index (κ1) is 29.1. The van der Waals surface area contributed by atoms with E-state index in [9.17, 15) is 17.6 Å². The fourth-order valence-corrected chi connectivity index (χ4v) is 4.60. The lowest BCUT2D eigenvalue weighted by Crippen LogP contribution is -2.12. The van der Waals surface area contributed by atoms with E-state index in [1.165, 1.54) is 48.8 Å². The molecule has 0 aliphatic heterocycles. The molecule has 40 heavy (non-hydrogen) atoms. The van der Waals surface area contributed by atoms with Gasteiger partial charge >= 0.3 is 6.18 Å². The van der Waals surface area contributed by atoms with Crippen molar-refractivity contribution in [2.75, 3.05) is 6.61 Å². The molecule has 0 spiro atoms. The number of aryl methyl sites for hydroxylation is 1. The van der Waals surface area contributed by atoms with Gasteiger partial charge in [-0.15, -0.1) is 0 Å². The Labute approximate surface area is 232 Å². The largest absolute Gasteiger partial charge is 0.491 e. The van der Waals surface area contributed by atoms with Crippen LogP contribution < -0.4 is 4.74 Å². The van der Waals surface area contributed by atoms with E-state index in [2.05, 4.69) is 6.92 Å². The molecule has 0 aliphatic rings. The zero-order valence-electron chi connectivity index (χ0n) is 22.5. The average Bonchev–Trinajstić information content (AvgIpc) is 2.93. The van der Waals surface area contributed by atoms with E-state index in [0.29, 0.717) is 16.7 Å². The van der Waals surface area contributed by atoms with Crippen molar-refractivity contribution in [3.8, 4) is 28.0 Å². The highest BCUT2D eigenvalue weighted by atomic mass is 19.4. The van der Waals surface area contributed by atoms with Crippen LogP contribution in [0.3, 0.4) is 0 Å². The van der Waals surface area contributed by atoms with Crippen LogP contribution >= 0.6 is 0 Å². The van der Waals surface area contributed by atoms with E-state index in [4.69, 9.17) is 4.74 Å². The van der Waals surface area contributed by atoms with Crippen molar-refractivity contribution in [3.63, 3.8) is 0 Å². The number of hydrogen-bond acceptors (Lipinski definition) is 1. The minimum absolute atomic E-state index is 0.0503. The van der Waals surface area contributed by atoms with Gasteiger partial charge in [-0.05, 0) is 65.3 Å². The van der Waals surface area contributed by atoms with E-state index in [0.717, 1.165) is 24.0 Å². The summed E-state index contributed by atoms with van der Waals surface area (Å²) in [6, 6.07) is 22.4. The Balaban J connectivity index is 1.51. The van der Waals surface area contributed by atoms with E-state index in [1.54, 1.807) is 37.3 Å². The van der Waals surface area contributed by atoms with Crippen molar-refractivity contribution in [3.05, 3.63) is 113 Å². The Hall–Kier alpha value is -3.93. The monoisotopic (exact) mass is 550 g/mol. The van der Waals surface area contributed by atoms with Crippen molar-refractivity contribution in [2.45, 2.75) is 45.7 Å². The third-order valence-electron chi connectivity index (χ3n) is 6.72. The Morgan fingerprint density at radius 3 is 2.02 bits per heavy atom. The quantitative estimate of drug-likeness (QED) is 0.108. The third-order valence-corrected chi connectivity index (χ3v) is 6.72. The lowest BCUT2D eigenvalue weighted by atomic mass is 9.97. The third kappa shape index (κ3) is 6.98. The van der Waals surface area contributed by atoms with Crippen LogP contribution in [0.15, 0.2) is 78.9 Å². The van der Waals surface area contributed by atoms with Crippen molar-refractivity contribution in [2.24, 2.45) is 0 Å². The van der Waals surface area contributed by atoms with Gasteiger partial charge in [0.1, 0.15) is 11.4 Å². The second-order valence-corrected chi connectivity index (χ2v) is 9.58. The van der Waals surface area contributed by atoms with Crippen LogP contribution in [0, 0.1) is 11.6 Å². The van der Waals surface area contributed by atoms with Crippen LogP contribution in [0.2, 0.25) is 0 Å². The van der Waals surface area contributed by atoms with Crippen molar-refractivity contribution in [1.29, 1.82) is 0 Å². The first-order valence-corrected chi connectivity index (χ1v) is 13.4. The van der Waals surface area contributed by atoms with E-state index in [-0.39, 0.29) is 18.0 Å². The fourth-order valence-electron chi connectivity index (χ4n) is 4.60. The molecule has 0 bridgehead atoms. The Bertz CT molecular complexity index is 1450. The van der Waals surface area contributed by atoms with Gasteiger partial charge in [0, 0.05) is 5.56 Å². The van der Waals surface area contributed by atoms with Gasteiger partial charge in [0.25, 0.3) is 0 Å². The smallest absolute Gasteiger partial charge is 0.419 e. The Morgan fingerprint density at radius 2 is 1.40 bits per heavy atom. The van der Waals surface area contributed by atoms with Gasteiger partial charge in [-0.1, -0.05) is 98.6 Å². The van der Waals surface area contributed by atoms with Crippen molar-refractivity contribution >= 4 is 12.2 Å². The number of halogens is 5. The molecule has 0 aliphatic carbocycles. The van der Waals surface area contributed by atoms with Gasteiger partial charge in [0.05, 0.1) is 6.61 Å². The molecule has 0 saturated heterocycles. The maximum atomic E-state index is 15.1. The highest BCUT2D eigenvalue weighted by molar-refractivity contribution is 5.75. The van der Waals surface area contributed by atoms with E-state index in [1.807, 2.05) is 30.3 Å². The molecule has 0 fully saturated rings. The fraction of sp³-hybridized carbons (Fsp3) is 0.235. The molecule has 4 aromatic carbocycles. The van der Waals surface area contributed by atoms with Gasteiger partial charge in [0.15, 0.2) is 11.6 Å². The molecule has 0 saturated carbocycles. The molecule has 6 heteroatoms. The zero-order valence-corrected chi connectivity index (χ0v) is 22.5. The molecule has 0 atom stereocenters. The van der Waals surface area contributed by atoms with Crippen molar-refractivity contribution < 1.29 is 26.7 Å². The van der Waals surface area contributed by atoms with Gasteiger partial charge in [0.2, 0.25) is 0 Å². The Kier molecular flexibility index (Phi) is 9.41. The van der Waals surface area contributed by atoms with Crippen LogP contribution in [0.4, 0.5) is 22.0 Å². The minimum Gasteiger partial charge on any atom is -0.491 e. The predicted octanol–water partition coefficient (Wildman–Crippen LogP) is 10.6. The summed E-state index contributed by atoms with van der Waals surface area (Å²) >= 11 is 0. The molecule has 4 rings (SSSR count). The molecule has 1 nitrogen and oxygen atoms in total. The predicted molar refractivity (Wildman–Crippen MR) is 152 cm³/mol. The summed E-state index contributed by atoms with van der Waals surface area (Å²) in [5, 5.41) is 0. The van der Waals surface area contributed by atoms with Crippen LogP contribution in [0.25, 0.3) is 34.4 Å². The number of ether oxygens (including phenoxy) is 1. The second-order valence-electron chi connectivity index (χ2n) is 9.58. The summed E-state index contributed by atoms with van der Waals surface area (Å²) in [5.74, 6) is -2.20. The molecule has 0 unspecified atom stereocenters. The van der Waals surface area contributed by atoms with Gasteiger partial charge < -0.3 is 4.74 Å². The van der Waals surface area contributed by atoms with Crippen LogP contribution in [-0.4, -0.2) is 6.61 Å². The first-order chi connectivity index (χ1) is 19.2. The number of unbranched alkanes of at least 4 members (excludes halogenated alkanes) is 2. The molecule has 0 amide bonds. The molecule has 0 aromatic heterocycles. The summed E-state index contributed by atoms with van der Waals surface area (Å²) in [6.45, 7) is 3.79. The summed E-state index contributed by atoms with van der Waals surface area (Å²) < 4.78 is 75.3. The van der Waals surface area contributed by atoms with Gasteiger partial charge in [-0.25, -0.2) is 8.78 Å². The summed E-state index contributed by atoms with van der Waals surface area (Å²) in [5.41, 5.74) is 2.96. The molecule has 0 heterocycles. The summed E-state index contributed by atoms with van der Waals surface area (Å²) in [6.07, 6.45) is 2.33. The molecule has 0 radical (unpaired) electrons. The zero-order chi connectivity index (χ0) is 28.7. The second kappa shape index (κ2) is 12.9. The van der Waals surface area contributed by atoms with E-state index < -0.39 is 23.3 Å². The number of alkyl halides is 3. The summed E-state index contributed by atoms with van der Waals surface area (Å²) in [4.78, 5) is 0. The molecule has 208 valence electrons. The van der Waals surface area contributed by atoms with Crippen LogP contribution in [0.5, 0.6) is 5.75 Å². The normalized spacial score (nSPS) is 11.8. The number of rotatable bonds is 10. The standard InChI is InChI=1S/C34H31F5O/c1-3-5-6-7-23-10-15-26(16-11-23)29-20-18-28(22-30(29)35)25-13-8-24(9-14-25)12-17-27-19-21-31(40-4-2)33(36)32(27)34(37,38)39/h8-22H,3-7H2,1-2H3/b17-12+. The SMILES string of the molecule is CCCCCc1ccc(-c2ccc(-c3ccc(/C=C/c4ccc(OCC)c(F)c4C(F)(F)F)cc3)cc2F)cc1. The van der Waals surface area contributed by atoms with Crippen molar-refractivity contribution in [1.82, 2.24) is 0 Å².